The van der Waals surface area contributed by atoms with Gasteiger partial charge in [0.1, 0.15) is 0 Å². The maximum Gasteiger partial charge on any atom is 0.235 e. The first-order valence-electron chi connectivity index (χ1n) is 4.19. The molecule has 1 rings (SSSR count). The van der Waals surface area contributed by atoms with Gasteiger partial charge in [-0.05, 0) is 37.1 Å². The van der Waals surface area contributed by atoms with Crippen molar-refractivity contribution in [3.8, 4) is 0 Å². The van der Waals surface area contributed by atoms with Crippen molar-refractivity contribution in [1.29, 1.82) is 0 Å². The highest BCUT2D eigenvalue weighted by Gasteiger charge is 1.95. The Bertz CT molecular complexity index is 300. The number of hydrogen-bond donors (Lipinski definition) is 2. The van der Waals surface area contributed by atoms with Crippen molar-refractivity contribution >= 4 is 11.6 Å². The maximum absolute atomic E-state index is 10.6. The van der Waals surface area contributed by atoms with Crippen LogP contribution in [0, 0.1) is 13.8 Å². The summed E-state index contributed by atoms with van der Waals surface area (Å²) in [4.78, 5) is 10.6. The minimum absolute atomic E-state index is 0.0980. The molecule has 13 heavy (non-hydrogen) atoms. The third kappa shape index (κ3) is 3.15. The van der Waals surface area contributed by atoms with Crippen LogP contribution in [0.4, 0.5) is 5.69 Å². The van der Waals surface area contributed by atoms with Gasteiger partial charge in [-0.1, -0.05) is 6.07 Å². The van der Waals surface area contributed by atoms with Gasteiger partial charge in [-0.2, -0.15) is 0 Å². The predicted octanol–water partition coefficient (Wildman–Crippen LogP) is 1.77. The van der Waals surface area contributed by atoms with Crippen LogP contribution in [0.25, 0.3) is 0 Å². The molecule has 70 valence electrons. The van der Waals surface area contributed by atoms with Gasteiger partial charge in [0.2, 0.25) is 5.91 Å². The highest BCUT2D eigenvalue weighted by molar-refractivity contribution is 5.74. The Morgan fingerprint density at radius 2 is 1.69 bits per heavy atom. The highest BCUT2D eigenvalue weighted by atomic mass is 16.2. The lowest BCUT2D eigenvalue weighted by molar-refractivity contribution is -0.118. The largest absolute Gasteiger partial charge is 0.299 e. The van der Waals surface area contributed by atoms with Crippen molar-refractivity contribution in [2.45, 2.75) is 20.8 Å². The summed E-state index contributed by atoms with van der Waals surface area (Å²) in [6, 6.07) is 6.03. The fourth-order valence-corrected chi connectivity index (χ4v) is 1.21. The summed E-state index contributed by atoms with van der Waals surface area (Å²) in [5, 5.41) is 0. The summed E-state index contributed by atoms with van der Waals surface area (Å²) in [6.07, 6.45) is 0. The van der Waals surface area contributed by atoms with Gasteiger partial charge in [0.05, 0.1) is 5.69 Å². The Kier molecular flexibility index (Phi) is 2.90. The molecule has 0 radical (unpaired) electrons. The summed E-state index contributed by atoms with van der Waals surface area (Å²) in [7, 11) is 0. The van der Waals surface area contributed by atoms with Gasteiger partial charge in [-0.3, -0.25) is 15.6 Å². The van der Waals surface area contributed by atoms with E-state index in [4.69, 9.17) is 0 Å². The zero-order valence-electron chi connectivity index (χ0n) is 8.14. The topological polar surface area (TPSA) is 41.1 Å². The van der Waals surface area contributed by atoms with Crippen LogP contribution in [0.1, 0.15) is 18.1 Å². The van der Waals surface area contributed by atoms with Crippen LogP contribution >= 0.6 is 0 Å². The smallest absolute Gasteiger partial charge is 0.235 e. The Hall–Kier alpha value is -1.51. The Morgan fingerprint density at radius 3 is 2.15 bits per heavy atom. The van der Waals surface area contributed by atoms with E-state index in [1.54, 1.807) is 0 Å². The lowest BCUT2D eigenvalue weighted by Gasteiger charge is -2.07. The third-order valence-corrected chi connectivity index (χ3v) is 1.60. The van der Waals surface area contributed by atoms with E-state index in [2.05, 4.69) is 16.9 Å². The number of hydrogen-bond acceptors (Lipinski definition) is 2. The number of amides is 1. The van der Waals surface area contributed by atoms with Crippen LogP contribution in [0.5, 0.6) is 0 Å². The van der Waals surface area contributed by atoms with Crippen LogP contribution < -0.4 is 10.9 Å². The fraction of sp³-hybridized carbons (Fsp3) is 0.300. The molecule has 0 saturated heterocycles. The second kappa shape index (κ2) is 3.94. The Morgan fingerprint density at radius 1 is 1.15 bits per heavy atom. The van der Waals surface area contributed by atoms with Crippen molar-refractivity contribution in [2.24, 2.45) is 0 Å². The summed E-state index contributed by atoms with van der Waals surface area (Å²) in [5.74, 6) is -0.0980. The molecule has 0 aliphatic heterocycles. The van der Waals surface area contributed by atoms with Gasteiger partial charge in [-0.15, -0.1) is 0 Å². The molecule has 0 heterocycles. The minimum atomic E-state index is -0.0980. The highest BCUT2D eigenvalue weighted by Crippen LogP contribution is 2.12. The number of benzene rings is 1. The van der Waals surface area contributed by atoms with Crippen LogP contribution in [-0.4, -0.2) is 5.91 Å². The van der Waals surface area contributed by atoms with Gasteiger partial charge in [0.15, 0.2) is 0 Å². The molecule has 0 aliphatic carbocycles. The minimum Gasteiger partial charge on any atom is -0.299 e. The second-order valence-corrected chi connectivity index (χ2v) is 3.18. The molecular weight excluding hydrogens is 164 g/mol. The third-order valence-electron chi connectivity index (χ3n) is 1.60. The molecule has 0 bridgehead atoms. The van der Waals surface area contributed by atoms with Gasteiger partial charge in [0, 0.05) is 6.92 Å². The van der Waals surface area contributed by atoms with Gasteiger partial charge in [-0.25, -0.2) is 0 Å². The van der Waals surface area contributed by atoms with Crippen molar-refractivity contribution in [3.63, 3.8) is 0 Å². The molecule has 1 aromatic carbocycles. The molecule has 2 N–H and O–H groups in total. The molecule has 0 atom stereocenters. The number of rotatable bonds is 2. The number of carbonyl (C=O) groups excluding carboxylic acids is 1. The molecule has 0 spiro atoms. The molecule has 1 amide bonds. The number of carbonyl (C=O) groups is 1. The van der Waals surface area contributed by atoms with E-state index in [-0.39, 0.29) is 5.91 Å². The average molecular weight is 178 g/mol. The first-order valence-corrected chi connectivity index (χ1v) is 4.19. The van der Waals surface area contributed by atoms with Gasteiger partial charge < -0.3 is 0 Å². The van der Waals surface area contributed by atoms with Crippen molar-refractivity contribution < 1.29 is 4.79 Å². The van der Waals surface area contributed by atoms with E-state index in [1.807, 2.05) is 26.0 Å². The summed E-state index contributed by atoms with van der Waals surface area (Å²) >= 11 is 0. The number of hydrazine groups is 1. The van der Waals surface area contributed by atoms with Gasteiger partial charge >= 0.3 is 0 Å². The number of aryl methyl sites for hydroxylation is 2. The molecule has 3 heteroatoms. The molecule has 3 nitrogen and oxygen atoms in total. The zero-order chi connectivity index (χ0) is 9.84. The lowest BCUT2D eigenvalue weighted by Crippen LogP contribution is -2.26. The maximum atomic E-state index is 10.6. The molecule has 0 saturated carbocycles. The van der Waals surface area contributed by atoms with E-state index in [1.165, 1.54) is 18.1 Å². The fourth-order valence-electron chi connectivity index (χ4n) is 1.21. The monoisotopic (exact) mass is 178 g/mol. The Balaban J connectivity index is 2.71. The summed E-state index contributed by atoms with van der Waals surface area (Å²) in [6.45, 7) is 5.51. The van der Waals surface area contributed by atoms with Crippen LogP contribution in [0.3, 0.4) is 0 Å². The normalized spacial score (nSPS) is 9.46. The number of nitrogens with one attached hydrogen (secondary N) is 2. The molecule has 0 aliphatic rings. The average Bonchev–Trinajstić information content (AvgIpc) is 1.99. The van der Waals surface area contributed by atoms with Crippen molar-refractivity contribution in [2.75, 3.05) is 5.43 Å². The van der Waals surface area contributed by atoms with Crippen molar-refractivity contribution in [1.82, 2.24) is 5.43 Å². The molecular formula is C10H14N2O. The molecule has 0 aromatic heterocycles. The first-order chi connectivity index (χ1) is 6.08. The molecule has 1 aromatic rings. The first kappa shape index (κ1) is 9.58. The van der Waals surface area contributed by atoms with E-state index < -0.39 is 0 Å². The zero-order valence-corrected chi connectivity index (χ0v) is 8.14. The Labute approximate surface area is 78.1 Å². The summed E-state index contributed by atoms with van der Waals surface area (Å²) < 4.78 is 0. The standard InChI is InChI=1S/C10H14N2O/c1-7-4-8(2)6-10(5-7)12-11-9(3)13/h4-6,12H,1-3H3,(H,11,13). The van der Waals surface area contributed by atoms with Crippen LogP contribution in [0.15, 0.2) is 18.2 Å². The van der Waals surface area contributed by atoms with E-state index in [9.17, 15) is 4.79 Å². The van der Waals surface area contributed by atoms with Crippen LogP contribution in [-0.2, 0) is 4.79 Å². The lowest BCUT2D eigenvalue weighted by atomic mass is 10.1. The quantitative estimate of drug-likeness (QED) is 0.677. The molecule has 0 fully saturated rings. The van der Waals surface area contributed by atoms with E-state index in [0.29, 0.717) is 0 Å². The summed E-state index contributed by atoms with van der Waals surface area (Å²) in [5.41, 5.74) is 8.61. The van der Waals surface area contributed by atoms with Crippen LogP contribution in [0.2, 0.25) is 0 Å². The molecule has 0 unspecified atom stereocenters. The SMILES string of the molecule is CC(=O)NNc1cc(C)cc(C)c1. The van der Waals surface area contributed by atoms with E-state index in [0.717, 1.165) is 5.69 Å². The van der Waals surface area contributed by atoms with E-state index >= 15 is 0 Å². The predicted molar refractivity (Wildman–Crippen MR) is 53.4 cm³/mol. The van der Waals surface area contributed by atoms with Crippen molar-refractivity contribution in [3.05, 3.63) is 29.3 Å². The van der Waals surface area contributed by atoms with Gasteiger partial charge in [0.25, 0.3) is 0 Å². The second-order valence-electron chi connectivity index (χ2n) is 3.18. The number of anilines is 1.